The van der Waals surface area contributed by atoms with E-state index in [1.54, 1.807) is 48.7 Å². The highest BCUT2D eigenvalue weighted by atomic mass is 32.2. The Balaban J connectivity index is 1.73. The van der Waals surface area contributed by atoms with Gasteiger partial charge in [0.05, 0.1) is 23.6 Å². The molecule has 2 aliphatic rings. The molecule has 2 aliphatic heterocycles. The number of hydrogen-bond donors (Lipinski definition) is 0. The van der Waals surface area contributed by atoms with Gasteiger partial charge in [-0.3, -0.25) is 0 Å². The average molecular weight is 371 g/mol. The Morgan fingerprint density at radius 3 is 2.50 bits per heavy atom. The maximum absolute atomic E-state index is 13.2. The van der Waals surface area contributed by atoms with Crippen LogP contribution in [0.2, 0.25) is 0 Å². The molecule has 0 amide bonds. The zero-order chi connectivity index (χ0) is 17.8. The fourth-order valence-electron chi connectivity index (χ4n) is 3.67. The molecular formula is C19H17NO5S. The van der Waals surface area contributed by atoms with Crippen molar-refractivity contribution < 1.29 is 22.6 Å². The molecule has 1 fully saturated rings. The lowest BCUT2D eigenvalue weighted by molar-refractivity contribution is -0.174. The third kappa shape index (κ3) is 2.28. The van der Waals surface area contributed by atoms with Crippen molar-refractivity contribution in [3.63, 3.8) is 0 Å². The Bertz CT molecular complexity index is 1080. The van der Waals surface area contributed by atoms with Crippen molar-refractivity contribution in [3.8, 4) is 5.75 Å². The zero-order valence-electron chi connectivity index (χ0n) is 13.9. The maximum Gasteiger partial charge on any atom is 0.268 e. The van der Waals surface area contributed by atoms with Gasteiger partial charge in [0.2, 0.25) is 5.79 Å². The summed E-state index contributed by atoms with van der Waals surface area (Å²) in [6.07, 6.45) is 2.11. The topological polar surface area (TPSA) is 66.8 Å². The summed E-state index contributed by atoms with van der Waals surface area (Å²) in [5, 5.41) is 0.794. The van der Waals surface area contributed by atoms with Crippen LogP contribution in [0.3, 0.4) is 0 Å². The maximum atomic E-state index is 13.2. The van der Waals surface area contributed by atoms with Crippen molar-refractivity contribution in [3.05, 3.63) is 60.3 Å². The standard InChI is InChI=1S/C19H17NO5S/c21-26(22,15-5-2-1-3-6-15)20-12-14-11-19(24-9-10-25-19)13-23-17-8-4-7-16(20)18(14)17/h1-8,12H,9-11,13H2. The van der Waals surface area contributed by atoms with Crippen LogP contribution in [-0.2, 0) is 25.9 Å². The molecule has 6 nitrogen and oxygen atoms in total. The van der Waals surface area contributed by atoms with Crippen LogP contribution >= 0.6 is 0 Å². The van der Waals surface area contributed by atoms with Crippen LogP contribution in [0.15, 0.2) is 59.6 Å². The number of hydrogen-bond acceptors (Lipinski definition) is 5. The minimum Gasteiger partial charge on any atom is -0.487 e. The second-order valence-electron chi connectivity index (χ2n) is 6.49. The van der Waals surface area contributed by atoms with E-state index in [0.29, 0.717) is 30.9 Å². The molecule has 0 radical (unpaired) electrons. The van der Waals surface area contributed by atoms with Crippen LogP contribution in [0.5, 0.6) is 5.75 Å². The zero-order valence-corrected chi connectivity index (χ0v) is 14.7. The molecule has 3 heterocycles. The van der Waals surface area contributed by atoms with Crippen LogP contribution in [0.1, 0.15) is 5.56 Å². The molecule has 0 N–H and O–H groups in total. The Labute approximate surface area is 151 Å². The molecular weight excluding hydrogens is 354 g/mol. The SMILES string of the molecule is O=S(=O)(c1ccccc1)n1cc2c3c(cccc31)OCC1(C2)OCCO1. The normalized spacial score (nSPS) is 18.8. The summed E-state index contributed by atoms with van der Waals surface area (Å²) in [4.78, 5) is 0.245. The molecule has 26 heavy (non-hydrogen) atoms. The monoisotopic (exact) mass is 371 g/mol. The lowest BCUT2D eigenvalue weighted by Crippen LogP contribution is -2.38. The molecule has 0 bridgehead atoms. The van der Waals surface area contributed by atoms with E-state index in [1.807, 2.05) is 6.07 Å². The summed E-state index contributed by atoms with van der Waals surface area (Å²) in [5.41, 5.74) is 1.44. The first-order chi connectivity index (χ1) is 12.6. The molecule has 3 aromatic rings. The Morgan fingerprint density at radius 2 is 1.73 bits per heavy atom. The predicted octanol–water partition coefficient (Wildman–Crippen LogP) is 2.56. The Kier molecular flexibility index (Phi) is 3.40. The minimum absolute atomic E-state index is 0.245. The van der Waals surface area contributed by atoms with Crippen molar-refractivity contribution in [1.29, 1.82) is 0 Å². The third-order valence-electron chi connectivity index (χ3n) is 4.86. The number of aromatic nitrogens is 1. The van der Waals surface area contributed by atoms with Gasteiger partial charge >= 0.3 is 0 Å². The summed E-state index contributed by atoms with van der Waals surface area (Å²) < 4.78 is 45.2. The molecule has 0 saturated carbocycles. The third-order valence-corrected chi connectivity index (χ3v) is 6.54. The van der Waals surface area contributed by atoms with Gasteiger partial charge in [-0.15, -0.1) is 0 Å². The molecule has 0 unspecified atom stereocenters. The van der Waals surface area contributed by atoms with Crippen LogP contribution in [0, 0.1) is 0 Å². The summed E-state index contributed by atoms with van der Waals surface area (Å²) >= 11 is 0. The van der Waals surface area contributed by atoms with E-state index in [-0.39, 0.29) is 11.5 Å². The van der Waals surface area contributed by atoms with E-state index < -0.39 is 15.8 Å². The van der Waals surface area contributed by atoms with Gasteiger partial charge in [0.25, 0.3) is 10.0 Å². The lowest BCUT2D eigenvalue weighted by atomic mass is 10.1. The van der Waals surface area contributed by atoms with Crippen molar-refractivity contribution in [2.75, 3.05) is 19.8 Å². The molecule has 7 heteroatoms. The molecule has 0 aliphatic carbocycles. The first-order valence-corrected chi connectivity index (χ1v) is 9.87. The van der Waals surface area contributed by atoms with Gasteiger partial charge in [-0.2, -0.15) is 0 Å². The number of ether oxygens (including phenoxy) is 3. The van der Waals surface area contributed by atoms with Crippen LogP contribution < -0.4 is 4.74 Å². The van der Waals surface area contributed by atoms with Crippen molar-refractivity contribution in [2.45, 2.75) is 17.1 Å². The first kappa shape index (κ1) is 15.9. The smallest absolute Gasteiger partial charge is 0.268 e. The number of nitrogens with zero attached hydrogens (tertiary/aromatic N) is 1. The molecule has 134 valence electrons. The second-order valence-corrected chi connectivity index (χ2v) is 8.31. The van der Waals surface area contributed by atoms with E-state index in [2.05, 4.69) is 0 Å². The summed E-state index contributed by atoms with van der Waals surface area (Å²) in [5.74, 6) is -0.204. The highest BCUT2D eigenvalue weighted by Gasteiger charge is 2.41. The fourth-order valence-corrected chi connectivity index (χ4v) is 5.08. The lowest BCUT2D eigenvalue weighted by Gasteiger charge is -2.25. The van der Waals surface area contributed by atoms with Crippen LogP contribution in [-0.4, -0.2) is 38.0 Å². The van der Waals surface area contributed by atoms with Gasteiger partial charge < -0.3 is 14.2 Å². The quantitative estimate of drug-likeness (QED) is 0.693. The second kappa shape index (κ2) is 5.57. The van der Waals surface area contributed by atoms with Gasteiger partial charge in [0.15, 0.2) is 0 Å². The van der Waals surface area contributed by atoms with Crippen LogP contribution in [0.25, 0.3) is 10.9 Å². The van der Waals surface area contributed by atoms with E-state index in [9.17, 15) is 8.42 Å². The van der Waals surface area contributed by atoms with E-state index >= 15 is 0 Å². The van der Waals surface area contributed by atoms with Crippen LogP contribution in [0.4, 0.5) is 0 Å². The van der Waals surface area contributed by atoms with E-state index in [1.165, 1.54) is 3.97 Å². The largest absolute Gasteiger partial charge is 0.487 e. The highest BCUT2D eigenvalue weighted by molar-refractivity contribution is 7.90. The Hall–Kier alpha value is -2.35. The Morgan fingerprint density at radius 1 is 0.962 bits per heavy atom. The molecule has 1 spiro atoms. The number of rotatable bonds is 2. The van der Waals surface area contributed by atoms with Gasteiger partial charge in [-0.05, 0) is 29.8 Å². The van der Waals surface area contributed by atoms with E-state index in [4.69, 9.17) is 14.2 Å². The van der Waals surface area contributed by atoms with Gasteiger partial charge in [-0.1, -0.05) is 24.3 Å². The summed E-state index contributed by atoms with van der Waals surface area (Å²) in [7, 11) is -3.71. The van der Waals surface area contributed by atoms with Gasteiger partial charge in [0.1, 0.15) is 12.4 Å². The molecule has 5 rings (SSSR count). The molecule has 0 atom stereocenters. The fraction of sp³-hybridized carbons (Fsp3) is 0.263. The van der Waals surface area contributed by atoms with Crippen molar-refractivity contribution in [2.24, 2.45) is 0 Å². The van der Waals surface area contributed by atoms with Gasteiger partial charge in [0, 0.05) is 18.0 Å². The molecule has 1 aromatic heterocycles. The van der Waals surface area contributed by atoms with Gasteiger partial charge in [-0.25, -0.2) is 12.4 Å². The molecule has 1 saturated heterocycles. The number of benzene rings is 2. The molecule has 2 aromatic carbocycles. The predicted molar refractivity (Wildman–Crippen MR) is 94.8 cm³/mol. The first-order valence-electron chi connectivity index (χ1n) is 8.43. The van der Waals surface area contributed by atoms with Crippen molar-refractivity contribution in [1.82, 2.24) is 3.97 Å². The minimum atomic E-state index is -3.71. The highest BCUT2D eigenvalue weighted by Crippen LogP contribution is 2.39. The average Bonchev–Trinajstić information content (AvgIpc) is 3.23. The van der Waals surface area contributed by atoms with E-state index in [0.717, 1.165) is 10.9 Å². The summed E-state index contributed by atoms with van der Waals surface area (Å²) in [6, 6.07) is 13.8. The summed E-state index contributed by atoms with van der Waals surface area (Å²) in [6.45, 7) is 1.30. The van der Waals surface area contributed by atoms with Crippen molar-refractivity contribution >= 4 is 20.9 Å².